The molecule has 0 aliphatic heterocycles. The first-order chi connectivity index (χ1) is 6.91. The predicted octanol–water partition coefficient (Wildman–Crippen LogP) is 3.12. The van der Waals surface area contributed by atoms with Crippen LogP contribution in [-0.4, -0.2) is 11.8 Å². The lowest BCUT2D eigenvalue weighted by atomic mass is 10.1. The first kappa shape index (κ1) is 12.0. The molecule has 0 heterocycles. The minimum Gasteiger partial charge on any atom is -0.424 e. The average molecular weight is 247 g/mol. The Balaban J connectivity index is 3.21. The van der Waals surface area contributed by atoms with Gasteiger partial charge >= 0.3 is 5.97 Å². The van der Waals surface area contributed by atoms with Gasteiger partial charge in [0.15, 0.2) is 11.5 Å². The number of carbonyl (C=O) groups excluding carboxylic acids is 2. The summed E-state index contributed by atoms with van der Waals surface area (Å²) >= 11 is 11.6. The monoisotopic (exact) mass is 246 g/mol. The van der Waals surface area contributed by atoms with Gasteiger partial charge in [0.25, 0.3) is 0 Å². The smallest absolute Gasteiger partial charge is 0.308 e. The standard InChI is InChI=1S/C10H8Cl2O3/c1-5(13)7-3-8(11)10(9(12)4-7)15-6(2)14/h3-4H,1-2H3. The molecular formula is C10H8Cl2O3. The highest BCUT2D eigenvalue weighted by Crippen LogP contribution is 2.34. The molecule has 0 bridgehead atoms. The molecule has 15 heavy (non-hydrogen) atoms. The van der Waals surface area contributed by atoms with E-state index < -0.39 is 5.97 Å². The lowest BCUT2D eigenvalue weighted by Gasteiger charge is -2.07. The number of rotatable bonds is 2. The van der Waals surface area contributed by atoms with Crippen molar-refractivity contribution in [3.05, 3.63) is 27.7 Å². The van der Waals surface area contributed by atoms with E-state index in [0.717, 1.165) is 0 Å². The summed E-state index contributed by atoms with van der Waals surface area (Å²) in [4.78, 5) is 21.8. The fraction of sp³-hybridized carbons (Fsp3) is 0.200. The van der Waals surface area contributed by atoms with Gasteiger partial charge in [0.05, 0.1) is 10.0 Å². The number of ketones is 1. The predicted molar refractivity (Wildman–Crippen MR) is 57.8 cm³/mol. The van der Waals surface area contributed by atoms with Crippen molar-refractivity contribution in [1.82, 2.24) is 0 Å². The van der Waals surface area contributed by atoms with Crippen LogP contribution in [0, 0.1) is 0 Å². The Hall–Kier alpha value is -1.06. The van der Waals surface area contributed by atoms with Crippen molar-refractivity contribution in [2.75, 3.05) is 0 Å². The summed E-state index contributed by atoms with van der Waals surface area (Å²) in [5.41, 5.74) is 0.376. The van der Waals surface area contributed by atoms with E-state index in [2.05, 4.69) is 0 Å². The average Bonchev–Trinajstić information content (AvgIpc) is 2.10. The molecule has 5 heteroatoms. The third-order valence-corrected chi connectivity index (χ3v) is 2.21. The molecule has 0 fully saturated rings. The molecular weight excluding hydrogens is 239 g/mol. The van der Waals surface area contributed by atoms with Crippen LogP contribution in [0.3, 0.4) is 0 Å². The molecule has 0 saturated carbocycles. The second kappa shape index (κ2) is 4.64. The zero-order valence-electron chi connectivity index (χ0n) is 8.14. The third-order valence-electron chi connectivity index (χ3n) is 1.65. The van der Waals surface area contributed by atoms with Crippen molar-refractivity contribution < 1.29 is 14.3 Å². The summed E-state index contributed by atoms with van der Waals surface area (Å²) < 4.78 is 4.80. The molecule has 0 aliphatic carbocycles. The molecule has 3 nitrogen and oxygen atoms in total. The summed E-state index contributed by atoms with van der Waals surface area (Å²) in [6.45, 7) is 2.64. The van der Waals surface area contributed by atoms with E-state index >= 15 is 0 Å². The molecule has 0 atom stereocenters. The number of Topliss-reactive ketones (excluding diaryl/α,β-unsaturated/α-hetero) is 1. The van der Waals surface area contributed by atoms with Crippen molar-refractivity contribution in [2.24, 2.45) is 0 Å². The Morgan fingerprint density at radius 2 is 1.60 bits per heavy atom. The Kier molecular flexibility index (Phi) is 3.72. The molecule has 0 N–H and O–H groups in total. The molecule has 1 rings (SSSR count). The maximum absolute atomic E-state index is 11.1. The quantitative estimate of drug-likeness (QED) is 0.458. The van der Waals surface area contributed by atoms with Crippen molar-refractivity contribution in [1.29, 1.82) is 0 Å². The van der Waals surface area contributed by atoms with E-state index in [-0.39, 0.29) is 21.6 Å². The van der Waals surface area contributed by atoms with Gasteiger partial charge in [-0.2, -0.15) is 0 Å². The number of esters is 1. The zero-order valence-corrected chi connectivity index (χ0v) is 9.65. The largest absolute Gasteiger partial charge is 0.424 e. The fourth-order valence-electron chi connectivity index (χ4n) is 1.00. The second-order valence-corrected chi connectivity index (χ2v) is 3.73. The van der Waals surface area contributed by atoms with Gasteiger partial charge in [-0.3, -0.25) is 9.59 Å². The second-order valence-electron chi connectivity index (χ2n) is 2.92. The van der Waals surface area contributed by atoms with E-state index in [1.807, 2.05) is 0 Å². The lowest BCUT2D eigenvalue weighted by molar-refractivity contribution is -0.131. The van der Waals surface area contributed by atoms with Gasteiger partial charge in [0.2, 0.25) is 0 Å². The maximum atomic E-state index is 11.1. The molecule has 0 saturated heterocycles. The van der Waals surface area contributed by atoms with E-state index in [1.54, 1.807) is 0 Å². The van der Waals surface area contributed by atoms with Crippen molar-refractivity contribution in [3.63, 3.8) is 0 Å². The fourth-order valence-corrected chi connectivity index (χ4v) is 1.57. The number of hydrogen-bond donors (Lipinski definition) is 0. The van der Waals surface area contributed by atoms with Crippen LogP contribution < -0.4 is 4.74 Å². The van der Waals surface area contributed by atoms with E-state index in [4.69, 9.17) is 27.9 Å². The molecule has 0 radical (unpaired) electrons. The van der Waals surface area contributed by atoms with Crippen LogP contribution in [-0.2, 0) is 4.79 Å². The SMILES string of the molecule is CC(=O)Oc1c(Cl)cc(C(C)=O)cc1Cl. The van der Waals surface area contributed by atoms with Crippen LogP contribution in [0.1, 0.15) is 24.2 Å². The van der Waals surface area contributed by atoms with Gasteiger partial charge in [-0.1, -0.05) is 23.2 Å². The minimum absolute atomic E-state index is 0.0795. The lowest BCUT2D eigenvalue weighted by Crippen LogP contribution is -2.03. The first-order valence-corrected chi connectivity index (χ1v) is 4.86. The van der Waals surface area contributed by atoms with Gasteiger partial charge in [-0.25, -0.2) is 0 Å². The van der Waals surface area contributed by atoms with Gasteiger partial charge in [-0.15, -0.1) is 0 Å². The molecule has 0 aliphatic rings. The van der Waals surface area contributed by atoms with Crippen LogP contribution in [0.5, 0.6) is 5.75 Å². The van der Waals surface area contributed by atoms with Gasteiger partial charge < -0.3 is 4.74 Å². The molecule has 80 valence electrons. The van der Waals surface area contributed by atoms with Crippen LogP contribution in [0.25, 0.3) is 0 Å². The third kappa shape index (κ3) is 2.94. The summed E-state index contributed by atoms with van der Waals surface area (Å²) in [6, 6.07) is 2.82. The first-order valence-electron chi connectivity index (χ1n) is 4.10. The molecule has 1 aromatic rings. The minimum atomic E-state index is -0.519. The number of ether oxygens (including phenoxy) is 1. The Morgan fingerprint density at radius 3 is 1.93 bits per heavy atom. The van der Waals surface area contributed by atoms with Gasteiger partial charge in [-0.05, 0) is 19.1 Å². The van der Waals surface area contributed by atoms with Crippen molar-refractivity contribution in [3.8, 4) is 5.75 Å². The molecule has 0 unspecified atom stereocenters. The van der Waals surface area contributed by atoms with E-state index in [9.17, 15) is 9.59 Å². The Labute approximate surface area is 96.9 Å². The van der Waals surface area contributed by atoms with Crippen molar-refractivity contribution >= 4 is 35.0 Å². The van der Waals surface area contributed by atoms with Gasteiger partial charge in [0, 0.05) is 12.5 Å². The highest BCUT2D eigenvalue weighted by atomic mass is 35.5. The van der Waals surface area contributed by atoms with Gasteiger partial charge in [0.1, 0.15) is 0 Å². The van der Waals surface area contributed by atoms with Crippen molar-refractivity contribution in [2.45, 2.75) is 13.8 Å². The van der Waals surface area contributed by atoms with E-state index in [0.29, 0.717) is 5.56 Å². The Bertz CT molecular complexity index is 404. The summed E-state index contributed by atoms with van der Waals surface area (Å²) in [7, 11) is 0. The summed E-state index contributed by atoms with van der Waals surface area (Å²) in [5, 5.41) is 0.283. The number of carbonyl (C=O) groups is 2. The van der Waals surface area contributed by atoms with Crippen LogP contribution in [0.4, 0.5) is 0 Å². The summed E-state index contributed by atoms with van der Waals surface area (Å²) in [6.07, 6.45) is 0. The molecule has 0 amide bonds. The van der Waals surface area contributed by atoms with Crippen LogP contribution in [0.2, 0.25) is 10.0 Å². The van der Waals surface area contributed by atoms with E-state index in [1.165, 1.54) is 26.0 Å². The Morgan fingerprint density at radius 1 is 1.13 bits per heavy atom. The number of halogens is 2. The zero-order chi connectivity index (χ0) is 11.6. The van der Waals surface area contributed by atoms with Crippen LogP contribution in [0.15, 0.2) is 12.1 Å². The van der Waals surface area contributed by atoms with Crippen LogP contribution >= 0.6 is 23.2 Å². The summed E-state index contributed by atoms with van der Waals surface area (Å²) in [5.74, 6) is -0.599. The number of benzene rings is 1. The maximum Gasteiger partial charge on any atom is 0.308 e. The topological polar surface area (TPSA) is 43.4 Å². The highest BCUT2D eigenvalue weighted by molar-refractivity contribution is 6.37. The molecule has 0 spiro atoms. The normalized spacial score (nSPS) is 9.87. The number of hydrogen-bond acceptors (Lipinski definition) is 3. The molecule has 0 aromatic heterocycles. The highest BCUT2D eigenvalue weighted by Gasteiger charge is 2.13. The molecule has 1 aromatic carbocycles.